The minimum Gasteiger partial charge on any atom is -0.493 e. The van der Waals surface area contributed by atoms with Gasteiger partial charge in [-0.2, -0.15) is 13.2 Å². The molecule has 2 aromatic rings. The molecule has 0 aliphatic carbocycles. The SMILES string of the molecule is COc1ccc(CNC(=O)/C=C/c2cccc(C(F)(F)F)c2)cc1OC. The van der Waals surface area contributed by atoms with Gasteiger partial charge in [0.1, 0.15) is 0 Å². The van der Waals surface area contributed by atoms with Gasteiger partial charge < -0.3 is 14.8 Å². The number of rotatable bonds is 6. The average Bonchev–Trinajstić information content (AvgIpc) is 2.64. The number of methoxy groups -OCH3 is 2. The smallest absolute Gasteiger partial charge is 0.416 e. The van der Waals surface area contributed by atoms with Crippen LogP contribution in [0.3, 0.4) is 0 Å². The van der Waals surface area contributed by atoms with E-state index in [2.05, 4.69) is 5.32 Å². The minimum absolute atomic E-state index is 0.242. The molecule has 4 nitrogen and oxygen atoms in total. The van der Waals surface area contributed by atoms with E-state index in [-0.39, 0.29) is 6.54 Å². The number of carbonyl (C=O) groups is 1. The topological polar surface area (TPSA) is 47.6 Å². The van der Waals surface area contributed by atoms with Crippen LogP contribution in [0, 0.1) is 0 Å². The first-order chi connectivity index (χ1) is 12.3. The third-order valence-electron chi connectivity index (χ3n) is 3.56. The molecule has 0 atom stereocenters. The molecule has 0 aliphatic heterocycles. The number of hydrogen-bond donors (Lipinski definition) is 1. The molecular weight excluding hydrogens is 347 g/mol. The van der Waals surface area contributed by atoms with Crippen molar-refractivity contribution in [2.24, 2.45) is 0 Å². The van der Waals surface area contributed by atoms with Gasteiger partial charge in [0, 0.05) is 12.6 Å². The lowest BCUT2D eigenvalue weighted by Crippen LogP contribution is -2.20. The summed E-state index contributed by atoms with van der Waals surface area (Å²) >= 11 is 0. The summed E-state index contributed by atoms with van der Waals surface area (Å²) in [5.74, 6) is 0.697. The predicted octanol–water partition coefficient (Wildman–Crippen LogP) is 4.05. The molecule has 0 fully saturated rings. The van der Waals surface area contributed by atoms with Crippen molar-refractivity contribution in [2.45, 2.75) is 12.7 Å². The van der Waals surface area contributed by atoms with Crippen LogP contribution in [0.2, 0.25) is 0 Å². The molecule has 0 heterocycles. The van der Waals surface area contributed by atoms with Crippen molar-refractivity contribution >= 4 is 12.0 Å². The fourth-order valence-electron chi connectivity index (χ4n) is 2.23. The minimum atomic E-state index is -4.42. The first-order valence-corrected chi connectivity index (χ1v) is 7.67. The van der Waals surface area contributed by atoms with Crippen molar-refractivity contribution in [1.82, 2.24) is 5.32 Å². The maximum Gasteiger partial charge on any atom is 0.416 e. The zero-order valence-electron chi connectivity index (χ0n) is 14.3. The number of benzene rings is 2. The van der Waals surface area contributed by atoms with Gasteiger partial charge in [0.25, 0.3) is 0 Å². The van der Waals surface area contributed by atoms with Crippen LogP contribution in [0.1, 0.15) is 16.7 Å². The molecule has 1 amide bonds. The van der Waals surface area contributed by atoms with Crippen molar-refractivity contribution in [3.8, 4) is 11.5 Å². The molecule has 138 valence electrons. The Bertz CT molecular complexity index is 801. The Morgan fingerprint density at radius 2 is 1.81 bits per heavy atom. The van der Waals surface area contributed by atoms with Crippen LogP contribution in [0.25, 0.3) is 6.08 Å². The first-order valence-electron chi connectivity index (χ1n) is 7.67. The molecule has 0 aliphatic rings. The molecule has 0 bridgehead atoms. The van der Waals surface area contributed by atoms with Gasteiger partial charge in [0.2, 0.25) is 5.91 Å². The Morgan fingerprint density at radius 3 is 2.46 bits per heavy atom. The Hall–Kier alpha value is -2.96. The lowest BCUT2D eigenvalue weighted by atomic mass is 10.1. The summed E-state index contributed by atoms with van der Waals surface area (Å²) in [5.41, 5.74) is 0.329. The van der Waals surface area contributed by atoms with Gasteiger partial charge in [0.05, 0.1) is 19.8 Å². The molecule has 0 spiro atoms. The molecule has 0 unspecified atom stereocenters. The number of ether oxygens (including phenoxy) is 2. The Kier molecular flexibility index (Phi) is 6.27. The second-order valence-electron chi connectivity index (χ2n) is 5.36. The van der Waals surface area contributed by atoms with Crippen LogP contribution in [0.5, 0.6) is 11.5 Å². The van der Waals surface area contributed by atoms with Crippen molar-refractivity contribution in [2.75, 3.05) is 14.2 Å². The van der Waals surface area contributed by atoms with E-state index in [0.29, 0.717) is 17.1 Å². The highest BCUT2D eigenvalue weighted by molar-refractivity contribution is 5.91. The molecule has 0 radical (unpaired) electrons. The molecule has 0 saturated heterocycles. The molecule has 2 rings (SSSR count). The fourth-order valence-corrected chi connectivity index (χ4v) is 2.23. The van der Waals surface area contributed by atoms with E-state index in [0.717, 1.165) is 17.7 Å². The number of halogens is 3. The van der Waals surface area contributed by atoms with Crippen LogP contribution in [-0.2, 0) is 17.5 Å². The van der Waals surface area contributed by atoms with Gasteiger partial charge in [-0.15, -0.1) is 0 Å². The highest BCUT2D eigenvalue weighted by Crippen LogP contribution is 2.30. The van der Waals surface area contributed by atoms with Gasteiger partial charge in [-0.25, -0.2) is 0 Å². The lowest BCUT2D eigenvalue weighted by Gasteiger charge is -2.09. The van der Waals surface area contributed by atoms with Crippen molar-refractivity contribution in [3.05, 3.63) is 65.2 Å². The van der Waals surface area contributed by atoms with Crippen molar-refractivity contribution in [1.29, 1.82) is 0 Å². The predicted molar refractivity (Wildman–Crippen MR) is 91.9 cm³/mol. The summed E-state index contributed by atoms with van der Waals surface area (Å²) in [6, 6.07) is 9.98. The quantitative estimate of drug-likeness (QED) is 0.786. The zero-order valence-corrected chi connectivity index (χ0v) is 14.3. The summed E-state index contributed by atoms with van der Waals surface area (Å²) in [4.78, 5) is 11.9. The number of amides is 1. The maximum atomic E-state index is 12.7. The largest absolute Gasteiger partial charge is 0.493 e. The van der Waals surface area contributed by atoms with E-state index >= 15 is 0 Å². The van der Waals surface area contributed by atoms with Gasteiger partial charge in [-0.05, 0) is 41.5 Å². The number of alkyl halides is 3. The van der Waals surface area contributed by atoms with Crippen molar-refractivity contribution < 1.29 is 27.4 Å². The van der Waals surface area contributed by atoms with E-state index in [1.54, 1.807) is 18.2 Å². The summed E-state index contributed by atoms with van der Waals surface area (Å²) in [6.45, 7) is 0.242. The molecule has 2 aromatic carbocycles. The molecule has 1 N–H and O–H groups in total. The lowest BCUT2D eigenvalue weighted by molar-refractivity contribution is -0.137. The highest BCUT2D eigenvalue weighted by atomic mass is 19.4. The van der Waals surface area contributed by atoms with E-state index in [4.69, 9.17) is 9.47 Å². The maximum absolute atomic E-state index is 12.7. The summed E-state index contributed by atoms with van der Waals surface area (Å²) < 4.78 is 48.3. The highest BCUT2D eigenvalue weighted by Gasteiger charge is 2.30. The molecule has 7 heteroatoms. The Labute approximate surface area is 149 Å². The van der Waals surface area contributed by atoms with Gasteiger partial charge >= 0.3 is 6.18 Å². The first kappa shape index (κ1) is 19.4. The van der Waals surface area contributed by atoms with E-state index in [9.17, 15) is 18.0 Å². The summed E-state index contributed by atoms with van der Waals surface area (Å²) in [6.07, 6.45) is -1.89. The van der Waals surface area contributed by atoms with Gasteiger partial charge in [0.15, 0.2) is 11.5 Å². The van der Waals surface area contributed by atoms with Crippen LogP contribution < -0.4 is 14.8 Å². The zero-order chi connectivity index (χ0) is 19.2. The fraction of sp³-hybridized carbons (Fsp3) is 0.211. The number of carbonyl (C=O) groups excluding carboxylic acids is 1. The second kappa shape index (κ2) is 8.42. The Balaban J connectivity index is 1.98. The summed E-state index contributed by atoms with van der Waals surface area (Å²) in [7, 11) is 3.04. The van der Waals surface area contributed by atoms with Crippen LogP contribution in [0.4, 0.5) is 13.2 Å². The standard InChI is InChI=1S/C19H18F3NO3/c1-25-16-8-6-14(11-17(16)26-2)12-23-18(24)9-7-13-4-3-5-15(10-13)19(20,21)22/h3-11H,12H2,1-2H3,(H,23,24)/b9-7+. The Morgan fingerprint density at radius 1 is 1.08 bits per heavy atom. The van der Waals surface area contributed by atoms with E-state index in [1.807, 2.05) is 0 Å². The van der Waals surface area contributed by atoms with E-state index in [1.165, 1.54) is 38.5 Å². The summed E-state index contributed by atoms with van der Waals surface area (Å²) in [5, 5.41) is 2.66. The molecule has 26 heavy (non-hydrogen) atoms. The van der Waals surface area contributed by atoms with Crippen molar-refractivity contribution in [3.63, 3.8) is 0 Å². The monoisotopic (exact) mass is 365 g/mol. The van der Waals surface area contributed by atoms with Crippen LogP contribution >= 0.6 is 0 Å². The second-order valence-corrected chi connectivity index (χ2v) is 5.36. The van der Waals surface area contributed by atoms with Crippen LogP contribution in [-0.4, -0.2) is 20.1 Å². The van der Waals surface area contributed by atoms with E-state index < -0.39 is 17.6 Å². The van der Waals surface area contributed by atoms with Crippen LogP contribution in [0.15, 0.2) is 48.5 Å². The molecule has 0 aromatic heterocycles. The average molecular weight is 365 g/mol. The van der Waals surface area contributed by atoms with Gasteiger partial charge in [-0.3, -0.25) is 4.79 Å². The number of hydrogen-bond acceptors (Lipinski definition) is 3. The number of nitrogens with one attached hydrogen (secondary N) is 1. The molecular formula is C19H18F3NO3. The normalized spacial score (nSPS) is 11.4. The third kappa shape index (κ3) is 5.27. The van der Waals surface area contributed by atoms with Gasteiger partial charge in [-0.1, -0.05) is 18.2 Å². The third-order valence-corrected chi connectivity index (χ3v) is 3.56. The molecule has 0 saturated carbocycles.